The van der Waals surface area contributed by atoms with Crippen LogP contribution >= 0.6 is 15.9 Å². The van der Waals surface area contributed by atoms with Crippen LogP contribution in [0.5, 0.6) is 5.75 Å². The Morgan fingerprint density at radius 1 is 1.30 bits per heavy atom. The van der Waals surface area contributed by atoms with Gasteiger partial charge in [0.15, 0.2) is 11.7 Å². The number of methoxy groups -OCH3 is 1. The Bertz CT molecular complexity index is 963. The van der Waals surface area contributed by atoms with Gasteiger partial charge >= 0.3 is 12.1 Å². The minimum Gasteiger partial charge on any atom is -0.496 e. The number of nitrogens with two attached hydrogens (primary N) is 2. The summed E-state index contributed by atoms with van der Waals surface area (Å²) in [5, 5.41) is 17.8. The first-order valence-corrected chi connectivity index (χ1v) is 10.1. The molecule has 0 atom stereocenters. The molecule has 0 spiro atoms. The van der Waals surface area contributed by atoms with Gasteiger partial charge in [0.2, 0.25) is 0 Å². The van der Waals surface area contributed by atoms with Gasteiger partial charge in [-0.25, -0.2) is 9.48 Å². The average molecular weight is 538 g/mol. The van der Waals surface area contributed by atoms with E-state index in [0.717, 1.165) is 28.6 Å². The number of nitrogens with one attached hydrogen (secondary N) is 1. The number of alkyl halides is 3. The highest BCUT2D eigenvalue weighted by Crippen LogP contribution is 2.25. The van der Waals surface area contributed by atoms with Crippen molar-refractivity contribution in [2.75, 3.05) is 20.2 Å². The third-order valence-corrected chi connectivity index (χ3v) is 4.36. The minimum absolute atomic E-state index is 0.0783. The average Bonchev–Trinajstić information content (AvgIpc) is 3.18. The molecule has 0 fully saturated rings. The van der Waals surface area contributed by atoms with Crippen molar-refractivity contribution in [3.05, 3.63) is 40.1 Å². The smallest absolute Gasteiger partial charge is 0.490 e. The first-order valence-electron chi connectivity index (χ1n) is 9.30. The molecule has 1 aromatic carbocycles. The Morgan fingerprint density at radius 3 is 2.52 bits per heavy atom. The SMILES string of the molecule is COc1ccc(Cn2cc(C(=O)NCCCCN=C(N)N)nn2)cc1Br.O=C(O)C(F)(F)F. The van der Waals surface area contributed by atoms with E-state index < -0.39 is 12.1 Å². The molecular weight excluding hydrogens is 515 g/mol. The number of unbranched alkanes of at least 4 members (excludes halogenated alkanes) is 1. The molecule has 0 radical (unpaired) electrons. The van der Waals surface area contributed by atoms with Crippen LogP contribution in [0.4, 0.5) is 13.2 Å². The normalized spacial score (nSPS) is 10.6. The summed E-state index contributed by atoms with van der Waals surface area (Å²) in [6.07, 6.45) is -1.90. The molecule has 1 aromatic heterocycles. The van der Waals surface area contributed by atoms with Gasteiger partial charge in [-0.1, -0.05) is 11.3 Å². The Kier molecular flexibility index (Phi) is 11.1. The summed E-state index contributed by atoms with van der Waals surface area (Å²) in [5.41, 5.74) is 11.8. The van der Waals surface area contributed by atoms with Crippen molar-refractivity contribution < 1.29 is 32.6 Å². The van der Waals surface area contributed by atoms with Crippen LogP contribution in [0.1, 0.15) is 28.9 Å². The molecule has 1 amide bonds. The number of aromatic nitrogens is 3. The summed E-state index contributed by atoms with van der Waals surface area (Å²) in [6, 6.07) is 5.74. The molecule has 2 rings (SSSR count). The van der Waals surface area contributed by atoms with Gasteiger partial charge in [-0.15, -0.1) is 5.10 Å². The number of ether oxygens (including phenoxy) is 1. The van der Waals surface area contributed by atoms with Crippen molar-refractivity contribution in [3.63, 3.8) is 0 Å². The Morgan fingerprint density at radius 2 is 1.97 bits per heavy atom. The number of carbonyl (C=O) groups excluding carboxylic acids is 1. The van der Waals surface area contributed by atoms with E-state index in [2.05, 4.69) is 36.6 Å². The highest BCUT2D eigenvalue weighted by atomic mass is 79.9. The summed E-state index contributed by atoms with van der Waals surface area (Å²) < 4.78 is 39.4. The molecule has 0 unspecified atom stereocenters. The van der Waals surface area contributed by atoms with Gasteiger partial charge in [-0.3, -0.25) is 9.79 Å². The fourth-order valence-corrected chi connectivity index (χ4v) is 2.80. The fraction of sp³-hybridized carbons (Fsp3) is 0.389. The molecule has 15 heteroatoms. The van der Waals surface area contributed by atoms with Crippen molar-refractivity contribution in [2.45, 2.75) is 25.6 Å². The first-order chi connectivity index (χ1) is 15.4. The fourth-order valence-electron chi connectivity index (χ4n) is 2.21. The van der Waals surface area contributed by atoms with Gasteiger partial charge in [-0.05, 0) is 46.5 Å². The summed E-state index contributed by atoms with van der Waals surface area (Å²) in [6.45, 7) is 1.57. The number of aliphatic carboxylic acids is 1. The van der Waals surface area contributed by atoms with Gasteiger partial charge in [-0.2, -0.15) is 13.2 Å². The van der Waals surface area contributed by atoms with Crippen LogP contribution < -0.4 is 21.5 Å². The molecule has 6 N–H and O–H groups in total. The molecule has 182 valence electrons. The number of aliphatic imine (C=N–C) groups is 1. The summed E-state index contributed by atoms with van der Waals surface area (Å²) >= 11 is 3.45. The highest BCUT2D eigenvalue weighted by molar-refractivity contribution is 9.10. The Hall–Kier alpha value is -3.36. The molecule has 33 heavy (non-hydrogen) atoms. The lowest BCUT2D eigenvalue weighted by atomic mass is 10.2. The number of amides is 1. The van der Waals surface area contributed by atoms with Crippen LogP contribution in [0.25, 0.3) is 0 Å². The Balaban J connectivity index is 0.000000675. The molecule has 0 bridgehead atoms. The molecule has 0 saturated carbocycles. The molecule has 1 heterocycles. The van der Waals surface area contributed by atoms with Crippen LogP contribution in [0.3, 0.4) is 0 Å². The largest absolute Gasteiger partial charge is 0.496 e. The van der Waals surface area contributed by atoms with Gasteiger partial charge in [0, 0.05) is 13.1 Å². The maximum atomic E-state index is 12.1. The second-order valence-corrected chi connectivity index (χ2v) is 7.20. The number of carboxylic acid groups (broad SMARTS) is 1. The molecule has 0 aliphatic heterocycles. The van der Waals surface area contributed by atoms with Crippen molar-refractivity contribution >= 4 is 33.8 Å². The maximum absolute atomic E-state index is 12.1. The van der Waals surface area contributed by atoms with Crippen molar-refractivity contribution in [2.24, 2.45) is 16.5 Å². The highest BCUT2D eigenvalue weighted by Gasteiger charge is 2.38. The second-order valence-electron chi connectivity index (χ2n) is 6.34. The molecule has 0 aliphatic carbocycles. The number of rotatable bonds is 9. The van der Waals surface area contributed by atoms with Gasteiger partial charge in [0.1, 0.15) is 5.75 Å². The zero-order valence-corrected chi connectivity index (χ0v) is 19.1. The lowest BCUT2D eigenvalue weighted by Crippen LogP contribution is -2.25. The number of guanidine groups is 1. The zero-order valence-electron chi connectivity index (χ0n) is 17.5. The van der Waals surface area contributed by atoms with E-state index in [1.807, 2.05) is 18.2 Å². The predicted molar refractivity (Wildman–Crippen MR) is 116 cm³/mol. The third-order valence-electron chi connectivity index (χ3n) is 3.74. The van der Waals surface area contributed by atoms with E-state index in [0.29, 0.717) is 19.6 Å². The molecule has 2 aromatic rings. The van der Waals surface area contributed by atoms with E-state index in [1.54, 1.807) is 18.0 Å². The molecular formula is C18H23BrF3N7O4. The number of hydrogen-bond acceptors (Lipinski definition) is 6. The topological polar surface area (TPSA) is 171 Å². The number of carboxylic acids is 1. The van der Waals surface area contributed by atoms with E-state index in [1.165, 1.54) is 0 Å². The number of halogens is 4. The Labute approximate surface area is 195 Å². The van der Waals surface area contributed by atoms with Crippen LogP contribution in [-0.4, -0.2) is 64.3 Å². The lowest BCUT2D eigenvalue weighted by Gasteiger charge is -2.06. The van der Waals surface area contributed by atoms with Crippen LogP contribution in [0.15, 0.2) is 33.9 Å². The summed E-state index contributed by atoms with van der Waals surface area (Å²) in [4.78, 5) is 24.8. The van der Waals surface area contributed by atoms with E-state index in [-0.39, 0.29) is 17.6 Å². The number of hydrogen-bond donors (Lipinski definition) is 4. The first kappa shape index (κ1) is 27.7. The standard InChI is InChI=1S/C16H22BrN7O2.C2HF3O2/c1-26-14-5-4-11(8-12(14)17)9-24-10-13(22-23-24)15(25)20-6-2-3-7-21-16(18)19;3-2(4,5)1(6)7/h4-5,8,10H,2-3,6-7,9H2,1H3,(H,20,25)(H4,18,19,21);(H,6,7). The quantitative estimate of drug-likeness (QED) is 0.212. The number of carbonyl (C=O) groups is 2. The van der Waals surface area contributed by atoms with E-state index in [4.69, 9.17) is 26.1 Å². The van der Waals surface area contributed by atoms with Crippen molar-refractivity contribution in [3.8, 4) is 5.75 Å². The molecule has 0 aliphatic rings. The van der Waals surface area contributed by atoms with Crippen LogP contribution in [-0.2, 0) is 11.3 Å². The second kappa shape index (κ2) is 13.2. The van der Waals surface area contributed by atoms with Crippen molar-refractivity contribution in [1.82, 2.24) is 20.3 Å². The number of nitrogens with zero attached hydrogens (tertiary/aromatic N) is 4. The third kappa shape index (κ3) is 10.7. The van der Waals surface area contributed by atoms with Crippen LogP contribution in [0.2, 0.25) is 0 Å². The van der Waals surface area contributed by atoms with Crippen LogP contribution in [0, 0.1) is 0 Å². The van der Waals surface area contributed by atoms with Crippen molar-refractivity contribution in [1.29, 1.82) is 0 Å². The van der Waals surface area contributed by atoms with Gasteiger partial charge < -0.3 is 26.6 Å². The zero-order chi connectivity index (χ0) is 25.0. The summed E-state index contributed by atoms with van der Waals surface area (Å²) in [7, 11) is 1.61. The molecule has 11 nitrogen and oxygen atoms in total. The monoisotopic (exact) mass is 537 g/mol. The minimum atomic E-state index is -5.08. The molecule has 0 saturated heterocycles. The predicted octanol–water partition coefficient (Wildman–Crippen LogP) is 1.51. The van der Waals surface area contributed by atoms with Gasteiger partial charge in [0.05, 0.1) is 24.3 Å². The number of benzene rings is 1. The lowest BCUT2D eigenvalue weighted by molar-refractivity contribution is -0.192. The maximum Gasteiger partial charge on any atom is 0.490 e. The van der Waals surface area contributed by atoms with E-state index >= 15 is 0 Å². The van der Waals surface area contributed by atoms with Gasteiger partial charge in [0.25, 0.3) is 5.91 Å². The van der Waals surface area contributed by atoms with E-state index in [9.17, 15) is 18.0 Å². The summed E-state index contributed by atoms with van der Waals surface area (Å²) in [5.74, 6) is -2.18.